The Morgan fingerprint density at radius 2 is 2.21 bits per heavy atom. The number of ether oxygens (including phenoxy) is 2. The zero-order chi connectivity index (χ0) is 10.6. The topological polar surface area (TPSA) is 57.4 Å². The van der Waals surface area contributed by atoms with Gasteiger partial charge in [0.2, 0.25) is 5.88 Å². The van der Waals surface area contributed by atoms with Crippen LogP contribution in [-0.2, 0) is 6.42 Å². The average molecular weight is 212 g/mol. The number of methoxy groups -OCH3 is 2. The van der Waals surface area contributed by atoms with Gasteiger partial charge in [-0.3, -0.25) is 0 Å². The van der Waals surface area contributed by atoms with Crippen LogP contribution in [0, 0.1) is 0 Å². The molecule has 0 unspecified atom stereocenters. The van der Waals surface area contributed by atoms with Gasteiger partial charge in [0.1, 0.15) is 5.75 Å². The minimum absolute atomic E-state index is 0.384. The Hall–Kier alpha value is -1.36. The van der Waals surface area contributed by atoms with Crippen LogP contribution in [0.25, 0.3) is 0 Å². The van der Waals surface area contributed by atoms with E-state index in [1.165, 1.54) is 0 Å². The molecule has 1 heterocycles. The zero-order valence-electron chi connectivity index (χ0n) is 8.11. The number of rotatable bonds is 4. The third-order valence-electron chi connectivity index (χ3n) is 1.74. The fourth-order valence-corrected chi connectivity index (χ4v) is 1.31. The van der Waals surface area contributed by atoms with Gasteiger partial charge in [-0.1, -0.05) is 12.2 Å². The van der Waals surface area contributed by atoms with Crippen molar-refractivity contribution in [3.8, 4) is 11.6 Å². The summed E-state index contributed by atoms with van der Waals surface area (Å²) in [6.45, 7) is 0. The Kier molecular flexibility index (Phi) is 3.64. The lowest BCUT2D eigenvalue weighted by Gasteiger charge is -2.10. The molecule has 0 fully saturated rings. The average Bonchev–Trinajstić information content (AvgIpc) is 2.17. The second-order valence-corrected chi connectivity index (χ2v) is 3.17. The number of pyridine rings is 1. The van der Waals surface area contributed by atoms with Crippen LogP contribution < -0.4 is 15.2 Å². The molecule has 0 aliphatic rings. The molecule has 0 atom stereocenters. The third kappa shape index (κ3) is 2.32. The van der Waals surface area contributed by atoms with Crippen molar-refractivity contribution in [1.29, 1.82) is 0 Å². The quantitative estimate of drug-likeness (QED) is 0.752. The van der Waals surface area contributed by atoms with Crippen molar-refractivity contribution in [2.75, 3.05) is 14.2 Å². The van der Waals surface area contributed by atoms with Crippen molar-refractivity contribution >= 4 is 17.2 Å². The van der Waals surface area contributed by atoms with Gasteiger partial charge in [0.05, 0.1) is 24.8 Å². The van der Waals surface area contributed by atoms with Crippen molar-refractivity contribution in [3.05, 3.63) is 17.8 Å². The van der Waals surface area contributed by atoms with Crippen LogP contribution in [0.4, 0.5) is 0 Å². The van der Waals surface area contributed by atoms with Crippen LogP contribution in [0.5, 0.6) is 11.6 Å². The van der Waals surface area contributed by atoms with Crippen LogP contribution in [-0.4, -0.2) is 24.2 Å². The molecule has 2 N–H and O–H groups in total. The molecule has 1 aromatic heterocycles. The molecule has 0 aromatic carbocycles. The molecule has 4 nitrogen and oxygen atoms in total. The van der Waals surface area contributed by atoms with E-state index in [1.807, 2.05) is 0 Å². The van der Waals surface area contributed by atoms with E-state index in [0.717, 1.165) is 5.56 Å². The van der Waals surface area contributed by atoms with Crippen molar-refractivity contribution in [2.24, 2.45) is 5.73 Å². The molecule has 5 heteroatoms. The molecule has 0 aliphatic heterocycles. The number of nitrogens with two attached hydrogens (primary N) is 1. The maximum absolute atomic E-state index is 5.46. The number of thiocarbonyl (C=S) groups is 1. The first kappa shape index (κ1) is 10.7. The molecule has 1 aromatic rings. The van der Waals surface area contributed by atoms with Crippen molar-refractivity contribution in [2.45, 2.75) is 6.42 Å². The first-order chi connectivity index (χ1) is 6.69. The number of hydrogen-bond donors (Lipinski definition) is 1. The smallest absolute Gasteiger partial charge is 0.220 e. The fourth-order valence-electron chi connectivity index (χ4n) is 1.16. The van der Waals surface area contributed by atoms with Gasteiger partial charge in [-0.05, 0) is 6.07 Å². The largest absolute Gasteiger partial charge is 0.496 e. The molecular weight excluding hydrogens is 200 g/mol. The first-order valence-electron chi connectivity index (χ1n) is 4.03. The zero-order valence-corrected chi connectivity index (χ0v) is 8.93. The summed E-state index contributed by atoms with van der Waals surface area (Å²) >= 11 is 4.83. The summed E-state index contributed by atoms with van der Waals surface area (Å²) in [7, 11) is 3.13. The number of nitrogens with zero attached hydrogens (tertiary/aromatic N) is 1. The Morgan fingerprint density at radius 1 is 1.50 bits per heavy atom. The molecule has 0 spiro atoms. The van der Waals surface area contributed by atoms with Gasteiger partial charge < -0.3 is 15.2 Å². The molecule has 0 bridgehead atoms. The van der Waals surface area contributed by atoms with E-state index in [4.69, 9.17) is 27.4 Å². The van der Waals surface area contributed by atoms with Gasteiger partial charge in [-0.15, -0.1) is 0 Å². The highest BCUT2D eigenvalue weighted by Gasteiger charge is 2.11. The SMILES string of the molecule is COc1ccnc(OC)c1CC(N)=S. The monoisotopic (exact) mass is 212 g/mol. The minimum Gasteiger partial charge on any atom is -0.496 e. The summed E-state index contributed by atoms with van der Waals surface area (Å²) in [6, 6.07) is 1.75. The van der Waals surface area contributed by atoms with E-state index in [1.54, 1.807) is 26.5 Å². The molecule has 14 heavy (non-hydrogen) atoms. The van der Waals surface area contributed by atoms with Gasteiger partial charge in [-0.25, -0.2) is 4.98 Å². The van der Waals surface area contributed by atoms with Crippen molar-refractivity contribution < 1.29 is 9.47 Å². The fraction of sp³-hybridized carbons (Fsp3) is 0.333. The van der Waals surface area contributed by atoms with E-state index < -0.39 is 0 Å². The summed E-state index contributed by atoms with van der Waals surface area (Å²) in [5.74, 6) is 1.18. The molecule has 0 radical (unpaired) electrons. The maximum atomic E-state index is 5.46. The van der Waals surface area contributed by atoms with Gasteiger partial charge in [-0.2, -0.15) is 0 Å². The van der Waals surface area contributed by atoms with Crippen LogP contribution in [0.1, 0.15) is 5.56 Å². The summed E-state index contributed by atoms with van der Waals surface area (Å²) in [5, 5.41) is 0. The van der Waals surface area contributed by atoms with E-state index in [2.05, 4.69) is 4.98 Å². The number of aromatic nitrogens is 1. The Labute approximate surface area is 88.0 Å². The van der Waals surface area contributed by atoms with Crippen LogP contribution in [0.3, 0.4) is 0 Å². The molecule has 76 valence electrons. The highest BCUT2D eigenvalue weighted by molar-refractivity contribution is 7.80. The predicted octanol–water partition coefficient (Wildman–Crippen LogP) is 0.927. The van der Waals surface area contributed by atoms with Gasteiger partial charge in [0, 0.05) is 12.6 Å². The van der Waals surface area contributed by atoms with Gasteiger partial charge in [0.15, 0.2) is 0 Å². The third-order valence-corrected chi connectivity index (χ3v) is 1.88. The van der Waals surface area contributed by atoms with E-state index in [0.29, 0.717) is 23.0 Å². The second-order valence-electron chi connectivity index (χ2n) is 2.64. The van der Waals surface area contributed by atoms with Crippen molar-refractivity contribution in [3.63, 3.8) is 0 Å². The van der Waals surface area contributed by atoms with Gasteiger partial charge >= 0.3 is 0 Å². The van der Waals surface area contributed by atoms with E-state index >= 15 is 0 Å². The Bertz CT molecular complexity index is 319. The summed E-state index contributed by atoms with van der Waals surface area (Å²) < 4.78 is 10.2. The maximum Gasteiger partial charge on any atom is 0.220 e. The predicted molar refractivity (Wildman–Crippen MR) is 57.8 cm³/mol. The Morgan fingerprint density at radius 3 is 2.71 bits per heavy atom. The summed E-state index contributed by atoms with van der Waals surface area (Å²) in [6.07, 6.45) is 2.04. The molecule has 0 aliphatic carbocycles. The summed E-state index contributed by atoms with van der Waals surface area (Å²) in [5.41, 5.74) is 6.25. The molecule has 0 saturated heterocycles. The number of hydrogen-bond acceptors (Lipinski definition) is 4. The molecule has 0 saturated carbocycles. The van der Waals surface area contributed by atoms with Crippen LogP contribution in [0.2, 0.25) is 0 Å². The molecule has 1 rings (SSSR count). The lowest BCUT2D eigenvalue weighted by molar-refractivity contribution is 0.375. The first-order valence-corrected chi connectivity index (χ1v) is 4.44. The summed E-state index contributed by atoms with van der Waals surface area (Å²) in [4.78, 5) is 4.43. The van der Waals surface area contributed by atoms with E-state index in [-0.39, 0.29) is 0 Å². The Balaban J connectivity index is 3.12. The normalized spacial score (nSPS) is 9.57. The highest BCUT2D eigenvalue weighted by Crippen LogP contribution is 2.25. The van der Waals surface area contributed by atoms with Crippen LogP contribution in [0.15, 0.2) is 12.3 Å². The van der Waals surface area contributed by atoms with Crippen LogP contribution >= 0.6 is 12.2 Å². The van der Waals surface area contributed by atoms with Crippen molar-refractivity contribution in [1.82, 2.24) is 4.98 Å². The standard InChI is InChI=1S/C9H12N2O2S/c1-12-7-3-4-11-9(13-2)6(7)5-8(10)14/h3-4H,5H2,1-2H3,(H2,10,14). The highest BCUT2D eigenvalue weighted by atomic mass is 32.1. The molecule has 0 amide bonds. The minimum atomic E-state index is 0.384. The lowest BCUT2D eigenvalue weighted by atomic mass is 10.2. The molecular formula is C9H12N2O2S. The van der Waals surface area contributed by atoms with Gasteiger partial charge in [0.25, 0.3) is 0 Å². The lowest BCUT2D eigenvalue weighted by Crippen LogP contribution is -2.13. The second kappa shape index (κ2) is 4.76. The van der Waals surface area contributed by atoms with E-state index in [9.17, 15) is 0 Å².